The van der Waals surface area contributed by atoms with E-state index in [1.807, 2.05) is 0 Å². The minimum Gasteiger partial charge on any atom is -0.376 e. The summed E-state index contributed by atoms with van der Waals surface area (Å²) in [6.07, 6.45) is 5.66. The maximum Gasteiger partial charge on any atom is 0.325 e. The molecule has 0 bridgehead atoms. The molecule has 0 aromatic rings. The summed E-state index contributed by atoms with van der Waals surface area (Å²) in [5, 5.41) is 2.88. The molecule has 2 saturated heterocycles. The van der Waals surface area contributed by atoms with Crippen LogP contribution in [0.3, 0.4) is 0 Å². The van der Waals surface area contributed by atoms with Crippen LogP contribution in [0.15, 0.2) is 0 Å². The summed E-state index contributed by atoms with van der Waals surface area (Å²) in [5.41, 5.74) is -0.574. The lowest BCUT2D eigenvalue weighted by molar-refractivity contribution is -0.132. The molecule has 1 saturated carbocycles. The summed E-state index contributed by atoms with van der Waals surface area (Å²) in [7, 11) is 0. The Morgan fingerprint density at radius 1 is 1.29 bits per heavy atom. The fraction of sp³-hybridized carbons (Fsp3) is 0.833. The van der Waals surface area contributed by atoms with Gasteiger partial charge in [-0.2, -0.15) is 0 Å². The van der Waals surface area contributed by atoms with E-state index in [1.54, 1.807) is 0 Å². The van der Waals surface area contributed by atoms with Crippen molar-refractivity contribution >= 4 is 11.9 Å². The van der Waals surface area contributed by atoms with Crippen molar-refractivity contribution in [1.29, 1.82) is 0 Å². The molecule has 5 heteroatoms. The van der Waals surface area contributed by atoms with Gasteiger partial charge in [-0.3, -0.25) is 9.69 Å². The molecule has 3 amide bonds. The first kappa shape index (κ1) is 11.0. The molecule has 1 spiro atoms. The second-order valence-electron chi connectivity index (χ2n) is 5.27. The minimum atomic E-state index is -0.574. The van der Waals surface area contributed by atoms with Gasteiger partial charge in [0.05, 0.1) is 12.6 Å². The number of nitrogens with zero attached hydrogens (tertiary/aromatic N) is 1. The SMILES string of the molecule is O=C1NC2(CCCC2)C(=O)N1C[C@H]1CCCO1. The molecular weight excluding hydrogens is 220 g/mol. The third-order valence-corrected chi connectivity index (χ3v) is 4.11. The highest BCUT2D eigenvalue weighted by atomic mass is 16.5. The van der Waals surface area contributed by atoms with Crippen LogP contribution in [0, 0.1) is 0 Å². The maximum atomic E-state index is 12.3. The fourth-order valence-corrected chi connectivity index (χ4v) is 3.15. The van der Waals surface area contributed by atoms with Gasteiger partial charge in [-0.05, 0) is 25.7 Å². The molecule has 1 N–H and O–H groups in total. The van der Waals surface area contributed by atoms with Crippen LogP contribution in [0.25, 0.3) is 0 Å². The number of nitrogens with one attached hydrogen (secondary N) is 1. The van der Waals surface area contributed by atoms with Crippen LogP contribution in [-0.2, 0) is 9.53 Å². The standard InChI is InChI=1S/C12H18N2O3/c15-10-12(5-1-2-6-12)13-11(16)14(10)8-9-4-3-7-17-9/h9H,1-8H2,(H,13,16)/t9-/m1/s1. The van der Waals surface area contributed by atoms with Crippen LogP contribution < -0.4 is 5.32 Å². The Bertz CT molecular complexity index is 344. The van der Waals surface area contributed by atoms with E-state index in [4.69, 9.17) is 4.74 Å². The Morgan fingerprint density at radius 3 is 2.71 bits per heavy atom. The maximum absolute atomic E-state index is 12.3. The van der Waals surface area contributed by atoms with Crippen LogP contribution in [0.4, 0.5) is 4.79 Å². The van der Waals surface area contributed by atoms with E-state index < -0.39 is 5.54 Å². The van der Waals surface area contributed by atoms with Crippen LogP contribution >= 0.6 is 0 Å². The molecule has 0 aromatic heterocycles. The van der Waals surface area contributed by atoms with Gasteiger partial charge >= 0.3 is 6.03 Å². The third kappa shape index (κ3) is 1.73. The van der Waals surface area contributed by atoms with E-state index in [0.717, 1.165) is 45.1 Å². The largest absolute Gasteiger partial charge is 0.376 e. The summed E-state index contributed by atoms with van der Waals surface area (Å²) in [6, 6.07) is -0.229. The molecule has 3 aliphatic rings. The predicted octanol–water partition coefficient (Wildman–Crippen LogP) is 1.03. The molecule has 5 nitrogen and oxygen atoms in total. The summed E-state index contributed by atoms with van der Waals surface area (Å²) >= 11 is 0. The molecule has 3 rings (SSSR count). The Hall–Kier alpha value is -1.10. The van der Waals surface area contributed by atoms with Crippen molar-refractivity contribution < 1.29 is 14.3 Å². The van der Waals surface area contributed by atoms with Gasteiger partial charge in [-0.25, -0.2) is 4.79 Å². The van der Waals surface area contributed by atoms with Crippen LogP contribution in [0.1, 0.15) is 38.5 Å². The molecule has 0 unspecified atom stereocenters. The van der Waals surface area contributed by atoms with Gasteiger partial charge in [0, 0.05) is 6.61 Å². The quantitative estimate of drug-likeness (QED) is 0.731. The normalized spacial score (nSPS) is 31.5. The van der Waals surface area contributed by atoms with E-state index in [0.29, 0.717) is 6.54 Å². The van der Waals surface area contributed by atoms with Crippen molar-refractivity contribution in [3.63, 3.8) is 0 Å². The number of rotatable bonds is 2. The molecule has 0 radical (unpaired) electrons. The van der Waals surface area contributed by atoms with Gasteiger partial charge in [0.1, 0.15) is 5.54 Å². The number of amides is 3. The highest BCUT2D eigenvalue weighted by Crippen LogP contribution is 2.35. The highest BCUT2D eigenvalue weighted by Gasteiger charge is 2.52. The number of urea groups is 1. The minimum absolute atomic E-state index is 0.0319. The lowest BCUT2D eigenvalue weighted by Gasteiger charge is -2.21. The first-order valence-electron chi connectivity index (χ1n) is 6.47. The second kappa shape index (κ2) is 3.98. The first-order valence-corrected chi connectivity index (χ1v) is 6.47. The molecular formula is C12H18N2O3. The zero-order chi connectivity index (χ0) is 11.9. The van der Waals surface area contributed by atoms with Crippen molar-refractivity contribution in [3.8, 4) is 0 Å². The average molecular weight is 238 g/mol. The van der Waals surface area contributed by atoms with E-state index in [1.165, 1.54) is 4.90 Å². The van der Waals surface area contributed by atoms with Gasteiger partial charge in [0.2, 0.25) is 0 Å². The predicted molar refractivity (Wildman–Crippen MR) is 60.4 cm³/mol. The summed E-state index contributed by atoms with van der Waals surface area (Å²) in [6.45, 7) is 1.17. The van der Waals surface area contributed by atoms with Crippen molar-refractivity contribution in [2.24, 2.45) is 0 Å². The lowest BCUT2D eigenvalue weighted by Crippen LogP contribution is -2.44. The van der Waals surface area contributed by atoms with E-state index >= 15 is 0 Å². The Morgan fingerprint density at radius 2 is 2.06 bits per heavy atom. The molecule has 17 heavy (non-hydrogen) atoms. The van der Waals surface area contributed by atoms with E-state index in [2.05, 4.69) is 5.32 Å². The molecule has 1 aliphatic carbocycles. The van der Waals surface area contributed by atoms with Crippen molar-refractivity contribution in [3.05, 3.63) is 0 Å². The van der Waals surface area contributed by atoms with E-state index in [9.17, 15) is 9.59 Å². The fourth-order valence-electron chi connectivity index (χ4n) is 3.15. The number of imide groups is 1. The number of hydrogen-bond donors (Lipinski definition) is 1. The van der Waals surface area contributed by atoms with Crippen LogP contribution in [-0.4, -0.2) is 41.6 Å². The average Bonchev–Trinajstić information content (AvgIpc) is 2.99. The lowest BCUT2D eigenvalue weighted by atomic mass is 9.98. The molecule has 2 aliphatic heterocycles. The molecule has 3 fully saturated rings. The molecule has 0 aromatic carbocycles. The van der Waals surface area contributed by atoms with E-state index in [-0.39, 0.29) is 18.0 Å². The summed E-state index contributed by atoms with van der Waals surface area (Å²) < 4.78 is 5.49. The van der Waals surface area contributed by atoms with Crippen LogP contribution in [0.2, 0.25) is 0 Å². The number of hydrogen-bond acceptors (Lipinski definition) is 3. The topological polar surface area (TPSA) is 58.6 Å². The Kier molecular flexibility index (Phi) is 2.58. The van der Waals surface area contributed by atoms with Crippen LogP contribution in [0.5, 0.6) is 0 Å². The summed E-state index contributed by atoms with van der Waals surface area (Å²) in [4.78, 5) is 25.5. The van der Waals surface area contributed by atoms with Crippen molar-refractivity contribution in [2.75, 3.05) is 13.2 Å². The van der Waals surface area contributed by atoms with Crippen molar-refractivity contribution in [1.82, 2.24) is 10.2 Å². The van der Waals surface area contributed by atoms with Gasteiger partial charge in [-0.1, -0.05) is 12.8 Å². The Labute approximate surface area is 100 Å². The smallest absolute Gasteiger partial charge is 0.325 e. The third-order valence-electron chi connectivity index (χ3n) is 4.11. The highest BCUT2D eigenvalue weighted by molar-refractivity contribution is 6.07. The Balaban J connectivity index is 1.72. The molecule has 2 heterocycles. The monoisotopic (exact) mass is 238 g/mol. The molecule has 94 valence electrons. The van der Waals surface area contributed by atoms with Gasteiger partial charge < -0.3 is 10.1 Å². The van der Waals surface area contributed by atoms with Gasteiger partial charge in [0.15, 0.2) is 0 Å². The molecule has 1 atom stereocenters. The first-order chi connectivity index (χ1) is 8.21. The summed E-state index contributed by atoms with van der Waals surface area (Å²) in [5.74, 6) is -0.0319. The number of carbonyl (C=O) groups is 2. The second-order valence-corrected chi connectivity index (χ2v) is 5.27. The zero-order valence-corrected chi connectivity index (χ0v) is 9.91. The van der Waals surface area contributed by atoms with Gasteiger partial charge in [0.25, 0.3) is 5.91 Å². The zero-order valence-electron chi connectivity index (χ0n) is 9.91. The van der Waals surface area contributed by atoms with Gasteiger partial charge in [-0.15, -0.1) is 0 Å². The number of carbonyl (C=O) groups excluding carboxylic acids is 2. The number of ether oxygens (including phenoxy) is 1. The van der Waals surface area contributed by atoms with Crippen molar-refractivity contribution in [2.45, 2.75) is 50.2 Å².